The molecule has 0 bridgehead atoms. The van der Waals surface area contributed by atoms with Crippen LogP contribution < -0.4 is 4.72 Å². The fourth-order valence-corrected chi connectivity index (χ4v) is 4.57. The summed E-state index contributed by atoms with van der Waals surface area (Å²) in [4.78, 5) is 11.6. The number of hydrogen-bond donors (Lipinski definition) is 2. The predicted molar refractivity (Wildman–Crippen MR) is 110 cm³/mol. The zero-order valence-electron chi connectivity index (χ0n) is 15.4. The van der Waals surface area contributed by atoms with E-state index in [0.29, 0.717) is 23.0 Å². The van der Waals surface area contributed by atoms with Gasteiger partial charge in [0.2, 0.25) is 10.0 Å². The van der Waals surface area contributed by atoms with Crippen LogP contribution in [0.3, 0.4) is 0 Å². The van der Waals surface area contributed by atoms with Crippen molar-refractivity contribution in [1.82, 2.24) is 4.72 Å². The van der Waals surface area contributed by atoms with E-state index in [-0.39, 0.29) is 11.3 Å². The van der Waals surface area contributed by atoms with Crippen LogP contribution in [0, 0.1) is 0 Å². The molecule has 1 unspecified atom stereocenters. The summed E-state index contributed by atoms with van der Waals surface area (Å²) in [7, 11) is -4.02. The first-order chi connectivity index (χ1) is 13.9. The molecule has 0 spiro atoms. The summed E-state index contributed by atoms with van der Waals surface area (Å²) in [6.07, 6.45) is 0.598. The van der Waals surface area contributed by atoms with Gasteiger partial charge in [0.15, 0.2) is 0 Å². The molecule has 0 fully saturated rings. The second kappa shape index (κ2) is 7.69. The molecule has 29 heavy (non-hydrogen) atoms. The maximum Gasteiger partial charge on any atom is 0.321 e. The van der Waals surface area contributed by atoms with Crippen molar-refractivity contribution in [2.75, 3.05) is 0 Å². The van der Waals surface area contributed by atoms with E-state index in [1.54, 1.807) is 6.07 Å². The van der Waals surface area contributed by atoms with E-state index in [9.17, 15) is 18.3 Å². The smallest absolute Gasteiger partial charge is 0.321 e. The highest BCUT2D eigenvalue weighted by Gasteiger charge is 2.26. The molecule has 0 aliphatic heterocycles. The van der Waals surface area contributed by atoms with Crippen LogP contribution in [-0.4, -0.2) is 25.5 Å². The second-order valence-electron chi connectivity index (χ2n) is 6.79. The average molecular weight is 409 g/mol. The van der Waals surface area contributed by atoms with Gasteiger partial charge in [0.1, 0.15) is 17.2 Å². The van der Waals surface area contributed by atoms with Crippen molar-refractivity contribution in [2.24, 2.45) is 0 Å². The normalized spacial score (nSPS) is 13.0. The molecule has 148 valence electrons. The first-order valence-electron chi connectivity index (χ1n) is 9.14. The number of aliphatic carboxylic acids is 1. The van der Waals surface area contributed by atoms with Gasteiger partial charge in [-0.1, -0.05) is 48.5 Å². The lowest BCUT2D eigenvalue weighted by Gasteiger charge is -2.15. The number of benzene rings is 3. The monoisotopic (exact) mass is 409 g/mol. The fourth-order valence-electron chi connectivity index (χ4n) is 3.32. The third-order valence-corrected chi connectivity index (χ3v) is 6.29. The Kier molecular flexibility index (Phi) is 5.08. The average Bonchev–Trinajstić information content (AvgIpc) is 3.09. The van der Waals surface area contributed by atoms with E-state index >= 15 is 0 Å². The van der Waals surface area contributed by atoms with Crippen molar-refractivity contribution in [3.63, 3.8) is 0 Å². The number of hydrogen-bond acceptors (Lipinski definition) is 4. The van der Waals surface area contributed by atoms with Crippen molar-refractivity contribution in [2.45, 2.75) is 23.8 Å². The van der Waals surface area contributed by atoms with Crippen LogP contribution in [0.25, 0.3) is 21.9 Å². The number of sulfonamides is 1. The third kappa shape index (κ3) is 4.01. The van der Waals surface area contributed by atoms with Crippen molar-refractivity contribution >= 4 is 37.9 Å². The lowest BCUT2D eigenvalue weighted by Crippen LogP contribution is -2.41. The Morgan fingerprint density at radius 1 is 0.931 bits per heavy atom. The number of fused-ring (bicyclic) bond motifs is 3. The molecule has 0 aliphatic carbocycles. The van der Waals surface area contributed by atoms with E-state index in [0.717, 1.165) is 10.9 Å². The molecule has 6 nitrogen and oxygen atoms in total. The minimum absolute atomic E-state index is 0.00233. The highest BCUT2D eigenvalue weighted by molar-refractivity contribution is 7.89. The summed E-state index contributed by atoms with van der Waals surface area (Å²) in [5.74, 6) is -1.21. The van der Waals surface area contributed by atoms with Crippen molar-refractivity contribution in [3.8, 4) is 0 Å². The van der Waals surface area contributed by atoms with Gasteiger partial charge in [-0.05, 0) is 42.7 Å². The Hall–Kier alpha value is -3.16. The Morgan fingerprint density at radius 2 is 1.62 bits per heavy atom. The number of rotatable bonds is 7. The van der Waals surface area contributed by atoms with Gasteiger partial charge < -0.3 is 9.52 Å². The third-order valence-electron chi connectivity index (χ3n) is 4.82. The summed E-state index contributed by atoms with van der Waals surface area (Å²) >= 11 is 0. The van der Waals surface area contributed by atoms with Crippen LogP contribution in [0.5, 0.6) is 0 Å². The molecule has 2 N–H and O–H groups in total. The summed E-state index contributed by atoms with van der Waals surface area (Å²) in [5.41, 5.74) is 2.18. The molecule has 4 rings (SSSR count). The lowest BCUT2D eigenvalue weighted by atomic mass is 10.1. The molecule has 0 amide bonds. The van der Waals surface area contributed by atoms with Gasteiger partial charge >= 0.3 is 5.97 Å². The number of carboxylic acids is 1. The van der Waals surface area contributed by atoms with Crippen LogP contribution in [0.2, 0.25) is 0 Å². The van der Waals surface area contributed by atoms with Crippen LogP contribution in [0.1, 0.15) is 12.0 Å². The molecule has 0 saturated heterocycles. The number of carbonyl (C=O) groups is 1. The zero-order chi connectivity index (χ0) is 20.4. The Bertz CT molecular complexity index is 1280. The van der Waals surface area contributed by atoms with E-state index in [1.165, 1.54) is 12.1 Å². The Balaban J connectivity index is 1.60. The number of aryl methyl sites for hydroxylation is 1. The van der Waals surface area contributed by atoms with E-state index in [1.807, 2.05) is 54.6 Å². The molecule has 7 heteroatoms. The first kappa shape index (κ1) is 19.2. The summed E-state index contributed by atoms with van der Waals surface area (Å²) in [6, 6.07) is 20.0. The van der Waals surface area contributed by atoms with E-state index in [4.69, 9.17) is 4.42 Å². The predicted octanol–water partition coefficient (Wildman–Crippen LogP) is 3.95. The summed E-state index contributed by atoms with van der Waals surface area (Å²) in [5, 5.41) is 11.0. The summed E-state index contributed by atoms with van der Waals surface area (Å²) < 4.78 is 33.8. The SMILES string of the molecule is O=C(O)C(CCc1ccccc1)NS(=O)(=O)c1ccc2oc3ccccc3c2c1. The molecule has 0 aliphatic rings. The van der Waals surface area contributed by atoms with Gasteiger partial charge in [-0.15, -0.1) is 0 Å². The van der Waals surface area contributed by atoms with Crippen LogP contribution in [0.15, 0.2) is 82.1 Å². The molecule has 3 aromatic carbocycles. The molecular weight excluding hydrogens is 390 g/mol. The number of para-hydroxylation sites is 1. The van der Waals surface area contributed by atoms with Crippen LogP contribution in [-0.2, 0) is 21.2 Å². The first-order valence-corrected chi connectivity index (χ1v) is 10.6. The van der Waals surface area contributed by atoms with Crippen molar-refractivity contribution in [1.29, 1.82) is 0 Å². The Labute approximate surface area is 167 Å². The number of nitrogens with one attached hydrogen (secondary N) is 1. The van der Waals surface area contributed by atoms with Gasteiger partial charge in [-0.2, -0.15) is 4.72 Å². The minimum atomic E-state index is -4.02. The van der Waals surface area contributed by atoms with Gasteiger partial charge in [0, 0.05) is 10.8 Å². The van der Waals surface area contributed by atoms with Crippen LogP contribution >= 0.6 is 0 Å². The molecule has 1 atom stereocenters. The van der Waals surface area contributed by atoms with E-state index in [2.05, 4.69) is 4.72 Å². The highest BCUT2D eigenvalue weighted by atomic mass is 32.2. The van der Waals surface area contributed by atoms with Gasteiger partial charge in [-0.25, -0.2) is 8.42 Å². The maximum atomic E-state index is 12.9. The largest absolute Gasteiger partial charge is 0.480 e. The van der Waals surface area contributed by atoms with Crippen LogP contribution in [0.4, 0.5) is 0 Å². The molecular formula is C22H19NO5S. The van der Waals surface area contributed by atoms with E-state index < -0.39 is 22.0 Å². The number of carboxylic acid groups (broad SMARTS) is 1. The topological polar surface area (TPSA) is 96.6 Å². The molecule has 1 heterocycles. The molecule has 0 radical (unpaired) electrons. The maximum absolute atomic E-state index is 12.9. The lowest BCUT2D eigenvalue weighted by molar-refractivity contribution is -0.139. The standard InChI is InChI=1S/C22H19NO5S/c24-22(25)19(12-10-15-6-2-1-3-7-15)23-29(26,27)16-11-13-21-18(14-16)17-8-4-5-9-20(17)28-21/h1-9,11,13-14,19,23H,10,12H2,(H,24,25). The molecule has 4 aromatic rings. The second-order valence-corrected chi connectivity index (χ2v) is 8.51. The van der Waals surface area contributed by atoms with Gasteiger partial charge in [-0.3, -0.25) is 4.79 Å². The summed E-state index contributed by atoms with van der Waals surface area (Å²) in [6.45, 7) is 0. The van der Waals surface area contributed by atoms with Gasteiger partial charge in [0.25, 0.3) is 0 Å². The minimum Gasteiger partial charge on any atom is -0.480 e. The van der Waals surface area contributed by atoms with Crippen molar-refractivity contribution < 1.29 is 22.7 Å². The fraction of sp³-hybridized carbons (Fsp3) is 0.136. The highest BCUT2D eigenvalue weighted by Crippen LogP contribution is 2.30. The Morgan fingerprint density at radius 3 is 2.38 bits per heavy atom. The van der Waals surface area contributed by atoms with Crippen molar-refractivity contribution in [3.05, 3.63) is 78.4 Å². The zero-order valence-corrected chi connectivity index (χ0v) is 16.2. The molecule has 1 aromatic heterocycles. The quantitative estimate of drug-likeness (QED) is 0.482. The van der Waals surface area contributed by atoms with Gasteiger partial charge in [0.05, 0.1) is 4.90 Å². The number of furan rings is 1. The molecule has 0 saturated carbocycles.